The van der Waals surface area contributed by atoms with Gasteiger partial charge in [0.25, 0.3) is 5.91 Å². The summed E-state index contributed by atoms with van der Waals surface area (Å²) in [6.45, 7) is 6.82. The molecule has 1 fully saturated rings. The lowest BCUT2D eigenvalue weighted by atomic mass is 10.1. The molecule has 2 heterocycles. The van der Waals surface area contributed by atoms with Gasteiger partial charge in [-0.25, -0.2) is 0 Å². The summed E-state index contributed by atoms with van der Waals surface area (Å²) in [5.74, 6) is 1.19. The normalized spacial score (nSPS) is 14.2. The predicted molar refractivity (Wildman–Crippen MR) is 131 cm³/mol. The second-order valence-electron chi connectivity index (χ2n) is 8.52. The molecule has 2 aromatic carbocycles. The van der Waals surface area contributed by atoms with Gasteiger partial charge in [0.2, 0.25) is 0 Å². The maximum atomic E-state index is 13.1. The van der Waals surface area contributed by atoms with E-state index in [0.717, 1.165) is 22.6 Å². The Balaban J connectivity index is 1.38. The fraction of sp³-hybridized carbons (Fsp3) is 0.333. The molecule has 3 aromatic rings. The minimum atomic E-state index is -0.0432. The van der Waals surface area contributed by atoms with Crippen molar-refractivity contribution in [2.75, 3.05) is 46.9 Å². The van der Waals surface area contributed by atoms with Gasteiger partial charge in [-0.15, -0.1) is 0 Å². The second-order valence-corrected chi connectivity index (χ2v) is 8.52. The predicted octanol–water partition coefficient (Wildman–Crippen LogP) is 3.75. The number of hydrogen-bond donors (Lipinski definition) is 0. The lowest BCUT2D eigenvalue weighted by molar-refractivity contribution is 0.0624. The van der Waals surface area contributed by atoms with Gasteiger partial charge in [0, 0.05) is 54.4 Å². The highest BCUT2D eigenvalue weighted by atomic mass is 16.5. The number of ketones is 1. The third-order valence-corrected chi connectivity index (χ3v) is 6.40. The minimum absolute atomic E-state index is 0.0432. The average molecular weight is 462 g/mol. The molecule has 0 unspecified atom stereocenters. The van der Waals surface area contributed by atoms with Gasteiger partial charge in [0.15, 0.2) is 17.3 Å². The van der Waals surface area contributed by atoms with Crippen LogP contribution in [0.3, 0.4) is 0 Å². The summed E-state index contributed by atoms with van der Waals surface area (Å²) in [7, 11) is 3.12. The molecule has 1 aliphatic heterocycles. The fourth-order valence-electron chi connectivity index (χ4n) is 4.57. The van der Waals surface area contributed by atoms with Gasteiger partial charge in [-0.1, -0.05) is 18.2 Å². The number of aromatic nitrogens is 1. The van der Waals surface area contributed by atoms with Crippen LogP contribution in [-0.4, -0.2) is 73.0 Å². The van der Waals surface area contributed by atoms with Gasteiger partial charge in [-0.2, -0.15) is 0 Å². The van der Waals surface area contributed by atoms with Gasteiger partial charge in [0.1, 0.15) is 0 Å². The number of para-hydroxylation sites is 1. The number of Topliss-reactive ketones (excluding diaryl/α,β-unsaturated/α-hetero) is 1. The molecule has 0 N–H and O–H groups in total. The first-order valence-electron chi connectivity index (χ1n) is 11.4. The molecule has 0 bridgehead atoms. The standard InChI is InChI=1S/C27H31N3O4/c1-19-16-23(20(2)30(19)22-8-6-5-7-9-22)24(31)18-28-12-14-29(15-13-28)27(32)21-10-11-25(33-3)26(17-21)34-4/h5-11,16-17H,12-15,18H2,1-4H3. The van der Waals surface area contributed by atoms with Gasteiger partial charge in [-0.3, -0.25) is 14.5 Å². The van der Waals surface area contributed by atoms with Crippen molar-refractivity contribution < 1.29 is 19.1 Å². The number of aryl methyl sites for hydroxylation is 1. The van der Waals surface area contributed by atoms with E-state index in [1.807, 2.05) is 55.1 Å². The van der Waals surface area contributed by atoms with Crippen LogP contribution in [0.15, 0.2) is 54.6 Å². The first-order valence-corrected chi connectivity index (χ1v) is 11.4. The van der Waals surface area contributed by atoms with Crippen LogP contribution in [0.1, 0.15) is 32.1 Å². The Bertz CT molecular complexity index is 1180. The van der Waals surface area contributed by atoms with Crippen molar-refractivity contribution in [1.29, 1.82) is 0 Å². The van der Waals surface area contributed by atoms with Crippen molar-refractivity contribution in [2.45, 2.75) is 13.8 Å². The van der Waals surface area contributed by atoms with E-state index in [-0.39, 0.29) is 11.7 Å². The molecule has 1 aromatic heterocycles. The van der Waals surface area contributed by atoms with Gasteiger partial charge >= 0.3 is 0 Å². The summed E-state index contributed by atoms with van der Waals surface area (Å²) in [5, 5.41) is 0. The number of benzene rings is 2. The highest BCUT2D eigenvalue weighted by Gasteiger charge is 2.25. The van der Waals surface area contributed by atoms with Crippen LogP contribution in [0, 0.1) is 13.8 Å². The Kier molecular flexibility index (Phi) is 7.03. The summed E-state index contributed by atoms with van der Waals surface area (Å²) < 4.78 is 12.7. The molecule has 1 amide bonds. The molecular weight excluding hydrogens is 430 g/mol. The maximum absolute atomic E-state index is 13.1. The zero-order valence-corrected chi connectivity index (χ0v) is 20.2. The summed E-state index contributed by atoms with van der Waals surface area (Å²) in [5.41, 5.74) is 4.37. The molecule has 34 heavy (non-hydrogen) atoms. The van der Waals surface area contributed by atoms with E-state index >= 15 is 0 Å². The molecule has 0 spiro atoms. The van der Waals surface area contributed by atoms with Crippen molar-refractivity contribution in [3.05, 3.63) is 77.1 Å². The van der Waals surface area contributed by atoms with Crippen molar-refractivity contribution in [1.82, 2.24) is 14.4 Å². The van der Waals surface area contributed by atoms with Crippen LogP contribution in [-0.2, 0) is 0 Å². The first kappa shape index (κ1) is 23.6. The molecule has 1 aliphatic rings. The Morgan fingerprint density at radius 2 is 1.53 bits per heavy atom. The molecule has 178 valence electrons. The van der Waals surface area contributed by atoms with Crippen LogP contribution in [0.4, 0.5) is 0 Å². The summed E-state index contributed by atoms with van der Waals surface area (Å²) in [4.78, 5) is 30.1. The van der Waals surface area contributed by atoms with E-state index in [1.165, 1.54) is 0 Å². The minimum Gasteiger partial charge on any atom is -0.493 e. The highest BCUT2D eigenvalue weighted by Crippen LogP contribution is 2.28. The monoisotopic (exact) mass is 461 g/mol. The van der Waals surface area contributed by atoms with Crippen LogP contribution < -0.4 is 9.47 Å². The Labute approximate surface area is 200 Å². The van der Waals surface area contributed by atoms with E-state index in [4.69, 9.17) is 9.47 Å². The molecule has 7 heteroatoms. The number of rotatable bonds is 7. The molecule has 0 atom stereocenters. The van der Waals surface area contributed by atoms with E-state index in [0.29, 0.717) is 49.8 Å². The van der Waals surface area contributed by atoms with E-state index in [2.05, 4.69) is 9.47 Å². The van der Waals surface area contributed by atoms with Gasteiger partial charge in [0.05, 0.1) is 20.8 Å². The van der Waals surface area contributed by atoms with Crippen LogP contribution >= 0.6 is 0 Å². The Hall–Kier alpha value is -3.58. The van der Waals surface area contributed by atoms with Crippen molar-refractivity contribution in [2.24, 2.45) is 0 Å². The number of carbonyl (C=O) groups is 2. The maximum Gasteiger partial charge on any atom is 0.254 e. The third-order valence-electron chi connectivity index (χ3n) is 6.40. The van der Waals surface area contributed by atoms with Crippen LogP contribution in [0.5, 0.6) is 11.5 Å². The molecular formula is C27H31N3O4. The molecule has 1 saturated heterocycles. The van der Waals surface area contributed by atoms with Crippen molar-refractivity contribution in [3.8, 4) is 17.2 Å². The van der Waals surface area contributed by atoms with E-state index in [1.54, 1.807) is 32.4 Å². The van der Waals surface area contributed by atoms with Crippen LogP contribution in [0.25, 0.3) is 5.69 Å². The molecule has 4 rings (SSSR count). The molecule has 0 aliphatic carbocycles. The van der Waals surface area contributed by atoms with E-state index in [9.17, 15) is 9.59 Å². The molecule has 7 nitrogen and oxygen atoms in total. The zero-order chi connectivity index (χ0) is 24.2. The Morgan fingerprint density at radius 3 is 2.18 bits per heavy atom. The largest absolute Gasteiger partial charge is 0.493 e. The number of methoxy groups -OCH3 is 2. The number of ether oxygens (including phenoxy) is 2. The van der Waals surface area contributed by atoms with Crippen molar-refractivity contribution in [3.63, 3.8) is 0 Å². The highest BCUT2D eigenvalue weighted by molar-refractivity contribution is 5.99. The molecule has 0 radical (unpaired) electrons. The first-order chi connectivity index (χ1) is 16.4. The van der Waals surface area contributed by atoms with E-state index < -0.39 is 0 Å². The molecule has 0 saturated carbocycles. The smallest absolute Gasteiger partial charge is 0.254 e. The van der Waals surface area contributed by atoms with Gasteiger partial charge in [-0.05, 0) is 50.2 Å². The number of nitrogens with zero attached hydrogens (tertiary/aromatic N) is 3. The van der Waals surface area contributed by atoms with Gasteiger partial charge < -0.3 is 18.9 Å². The topological polar surface area (TPSA) is 64.0 Å². The third kappa shape index (κ3) is 4.70. The fourth-order valence-corrected chi connectivity index (χ4v) is 4.57. The second kappa shape index (κ2) is 10.1. The number of hydrogen-bond acceptors (Lipinski definition) is 5. The quantitative estimate of drug-likeness (QED) is 0.502. The summed E-state index contributed by atoms with van der Waals surface area (Å²) in [6.07, 6.45) is 0. The lowest BCUT2D eigenvalue weighted by Crippen LogP contribution is -2.49. The van der Waals surface area contributed by atoms with Crippen LogP contribution in [0.2, 0.25) is 0 Å². The summed E-state index contributed by atoms with van der Waals surface area (Å²) in [6, 6.07) is 17.2. The summed E-state index contributed by atoms with van der Waals surface area (Å²) >= 11 is 0. The number of piperazine rings is 1. The SMILES string of the molecule is COc1ccc(C(=O)N2CCN(CC(=O)c3cc(C)n(-c4ccccc4)c3C)CC2)cc1OC. The number of carbonyl (C=O) groups excluding carboxylic acids is 2. The lowest BCUT2D eigenvalue weighted by Gasteiger charge is -2.34. The zero-order valence-electron chi connectivity index (χ0n) is 20.2. The van der Waals surface area contributed by atoms with Crippen molar-refractivity contribution >= 4 is 11.7 Å². The Morgan fingerprint density at radius 1 is 0.853 bits per heavy atom. The average Bonchev–Trinajstić information content (AvgIpc) is 3.17. The number of amides is 1.